The van der Waals surface area contributed by atoms with Crippen molar-refractivity contribution in [3.8, 4) is 0 Å². The van der Waals surface area contributed by atoms with Crippen molar-refractivity contribution in [2.75, 3.05) is 0 Å². The van der Waals surface area contributed by atoms with Gasteiger partial charge in [-0.1, -0.05) is 5.16 Å². The van der Waals surface area contributed by atoms with E-state index in [2.05, 4.69) is 10.1 Å². The van der Waals surface area contributed by atoms with Crippen molar-refractivity contribution in [1.82, 2.24) is 10.1 Å². The molecule has 0 spiro atoms. The first-order valence-electron chi connectivity index (χ1n) is 6.89. The lowest BCUT2D eigenvalue weighted by atomic mass is 9.91. The Morgan fingerprint density at radius 1 is 1.43 bits per heavy atom. The molecular weight excluding hydrogens is 288 g/mol. The Morgan fingerprint density at radius 2 is 2.24 bits per heavy atom. The second-order valence-corrected chi connectivity index (χ2v) is 6.33. The topological polar surface area (TPSA) is 76.2 Å². The third-order valence-electron chi connectivity index (χ3n) is 3.75. The first-order valence-corrected chi connectivity index (χ1v) is 7.71. The van der Waals surface area contributed by atoms with Gasteiger partial charge in [0, 0.05) is 10.4 Å². The lowest BCUT2D eigenvalue weighted by Gasteiger charge is -2.16. The summed E-state index contributed by atoms with van der Waals surface area (Å²) in [6.07, 6.45) is 6.36. The Labute approximate surface area is 126 Å². The van der Waals surface area contributed by atoms with Crippen LogP contribution in [0.25, 0.3) is 12.2 Å². The molecule has 1 aliphatic carbocycles. The van der Waals surface area contributed by atoms with Gasteiger partial charge in [0.15, 0.2) is 0 Å². The number of carboxylic acids is 1. The molecule has 2 aromatic rings. The number of carboxylic acid groups (broad SMARTS) is 1. The molecule has 3 rings (SSSR count). The first-order chi connectivity index (χ1) is 10.1. The van der Waals surface area contributed by atoms with E-state index in [-0.39, 0.29) is 0 Å². The van der Waals surface area contributed by atoms with Crippen LogP contribution in [0.2, 0.25) is 0 Å². The highest BCUT2D eigenvalue weighted by atomic mass is 32.1. The summed E-state index contributed by atoms with van der Waals surface area (Å²) in [7, 11) is 0. The summed E-state index contributed by atoms with van der Waals surface area (Å²) in [6, 6.07) is 0. The van der Waals surface area contributed by atoms with Crippen LogP contribution in [-0.2, 0) is 11.2 Å². The molecule has 1 N–H and O–H groups in total. The van der Waals surface area contributed by atoms with Crippen LogP contribution in [0.5, 0.6) is 0 Å². The fraction of sp³-hybridized carbons (Fsp3) is 0.400. The maximum absolute atomic E-state index is 11.3. The maximum Gasteiger partial charge on any atom is 0.312 e. The van der Waals surface area contributed by atoms with Crippen molar-refractivity contribution >= 4 is 29.5 Å². The van der Waals surface area contributed by atoms with Crippen molar-refractivity contribution in [1.29, 1.82) is 0 Å². The highest BCUT2D eigenvalue weighted by Crippen LogP contribution is 2.35. The van der Waals surface area contributed by atoms with Crippen LogP contribution in [-0.4, -0.2) is 21.2 Å². The molecule has 0 saturated heterocycles. The third kappa shape index (κ3) is 2.63. The fourth-order valence-corrected chi connectivity index (χ4v) is 3.70. The van der Waals surface area contributed by atoms with Gasteiger partial charge in [-0.3, -0.25) is 4.79 Å². The highest BCUT2D eigenvalue weighted by Gasteiger charge is 2.29. The van der Waals surface area contributed by atoms with E-state index in [1.807, 2.05) is 26.0 Å². The van der Waals surface area contributed by atoms with Gasteiger partial charge in [0.05, 0.1) is 17.3 Å². The van der Waals surface area contributed by atoms with Gasteiger partial charge in [-0.25, -0.2) is 4.98 Å². The molecule has 2 heterocycles. The molecule has 0 fully saturated rings. The summed E-state index contributed by atoms with van der Waals surface area (Å²) < 4.78 is 5.12. The normalized spacial score (nSPS) is 18.1. The molecule has 0 saturated carbocycles. The summed E-state index contributed by atoms with van der Waals surface area (Å²) in [5, 5.41) is 14.0. The minimum atomic E-state index is -0.775. The monoisotopic (exact) mass is 304 g/mol. The molecular formula is C15H16N2O3S. The zero-order valence-electron chi connectivity index (χ0n) is 11.9. The summed E-state index contributed by atoms with van der Waals surface area (Å²) >= 11 is 1.58. The molecule has 1 aliphatic rings. The minimum Gasteiger partial charge on any atom is -0.481 e. The van der Waals surface area contributed by atoms with Crippen molar-refractivity contribution in [2.45, 2.75) is 39.0 Å². The van der Waals surface area contributed by atoms with Crippen LogP contribution in [0.3, 0.4) is 0 Å². The maximum atomic E-state index is 11.3. The van der Waals surface area contributed by atoms with Crippen LogP contribution < -0.4 is 0 Å². The lowest BCUT2D eigenvalue weighted by Crippen LogP contribution is -2.17. The summed E-state index contributed by atoms with van der Waals surface area (Å²) in [4.78, 5) is 16.9. The molecule has 0 amide bonds. The van der Waals surface area contributed by atoms with E-state index in [4.69, 9.17) is 4.52 Å². The Morgan fingerprint density at radius 3 is 2.90 bits per heavy atom. The molecule has 0 aliphatic heterocycles. The fourth-order valence-electron chi connectivity index (χ4n) is 2.63. The van der Waals surface area contributed by atoms with Gasteiger partial charge < -0.3 is 9.63 Å². The molecule has 1 atom stereocenters. The molecule has 6 heteroatoms. The SMILES string of the molecule is Cc1noc(C)c1/C=C/c1nc2c(s1)CCCC2C(=O)O. The molecule has 0 bridgehead atoms. The average molecular weight is 304 g/mol. The van der Waals surface area contributed by atoms with Crippen LogP contribution in [0.1, 0.15) is 51.4 Å². The largest absolute Gasteiger partial charge is 0.481 e. The zero-order chi connectivity index (χ0) is 15.0. The quantitative estimate of drug-likeness (QED) is 0.940. The predicted octanol–water partition coefficient (Wildman–Crippen LogP) is 3.42. The van der Waals surface area contributed by atoms with E-state index in [1.165, 1.54) is 0 Å². The second kappa shape index (κ2) is 5.44. The molecule has 21 heavy (non-hydrogen) atoms. The Balaban J connectivity index is 1.90. The number of carbonyl (C=O) groups is 1. The minimum absolute atomic E-state index is 0.453. The van der Waals surface area contributed by atoms with E-state index in [9.17, 15) is 9.90 Å². The second-order valence-electron chi connectivity index (χ2n) is 5.21. The van der Waals surface area contributed by atoms with Crippen molar-refractivity contribution in [3.05, 3.63) is 32.6 Å². The van der Waals surface area contributed by atoms with E-state index in [0.717, 1.165) is 45.4 Å². The van der Waals surface area contributed by atoms with E-state index < -0.39 is 11.9 Å². The molecule has 5 nitrogen and oxygen atoms in total. The van der Waals surface area contributed by atoms with Crippen LogP contribution in [0.4, 0.5) is 0 Å². The van der Waals surface area contributed by atoms with Gasteiger partial charge in [0.2, 0.25) is 0 Å². The summed E-state index contributed by atoms with van der Waals surface area (Å²) in [5.74, 6) is -0.456. The van der Waals surface area contributed by atoms with Crippen molar-refractivity contribution in [2.24, 2.45) is 0 Å². The van der Waals surface area contributed by atoms with Gasteiger partial charge in [0.1, 0.15) is 10.8 Å². The molecule has 0 radical (unpaired) electrons. The number of aryl methyl sites for hydroxylation is 3. The number of fused-ring (bicyclic) bond motifs is 1. The van der Waals surface area contributed by atoms with Gasteiger partial charge in [-0.05, 0) is 45.3 Å². The molecule has 0 aromatic carbocycles. The van der Waals surface area contributed by atoms with E-state index in [1.54, 1.807) is 11.3 Å². The number of hydrogen-bond donors (Lipinski definition) is 1. The predicted molar refractivity (Wildman–Crippen MR) is 80.3 cm³/mol. The molecule has 1 unspecified atom stereocenters. The van der Waals surface area contributed by atoms with Crippen molar-refractivity contribution in [3.63, 3.8) is 0 Å². The van der Waals surface area contributed by atoms with Gasteiger partial charge in [0.25, 0.3) is 0 Å². The van der Waals surface area contributed by atoms with E-state index in [0.29, 0.717) is 6.42 Å². The Hall–Kier alpha value is -1.95. The highest BCUT2D eigenvalue weighted by molar-refractivity contribution is 7.12. The van der Waals surface area contributed by atoms with Crippen LogP contribution in [0.15, 0.2) is 4.52 Å². The summed E-state index contributed by atoms with van der Waals surface area (Å²) in [6.45, 7) is 3.76. The first kappa shape index (κ1) is 14.0. The Kier molecular flexibility index (Phi) is 3.63. The van der Waals surface area contributed by atoms with Crippen LogP contribution in [0, 0.1) is 13.8 Å². The smallest absolute Gasteiger partial charge is 0.312 e. The van der Waals surface area contributed by atoms with Gasteiger partial charge >= 0.3 is 5.97 Å². The third-order valence-corrected chi connectivity index (χ3v) is 4.85. The van der Waals surface area contributed by atoms with Crippen molar-refractivity contribution < 1.29 is 14.4 Å². The Bertz CT molecular complexity index is 695. The number of nitrogens with zero attached hydrogens (tertiary/aromatic N) is 2. The number of aliphatic carboxylic acids is 1. The number of aromatic nitrogens is 2. The molecule has 110 valence electrons. The van der Waals surface area contributed by atoms with Gasteiger partial charge in [-0.15, -0.1) is 11.3 Å². The standard InChI is InChI=1S/C15H16N2O3S/c1-8-10(9(2)20-17-8)6-7-13-16-14-11(15(18)19)4-3-5-12(14)21-13/h6-7,11H,3-5H2,1-2H3,(H,18,19)/b7-6+. The average Bonchev–Trinajstić information content (AvgIpc) is 3.00. The molecule has 2 aromatic heterocycles. The summed E-state index contributed by atoms with van der Waals surface area (Å²) in [5.41, 5.74) is 2.55. The van der Waals surface area contributed by atoms with Crippen LogP contribution >= 0.6 is 11.3 Å². The number of hydrogen-bond acceptors (Lipinski definition) is 5. The van der Waals surface area contributed by atoms with Gasteiger partial charge in [-0.2, -0.15) is 0 Å². The number of thiazole rings is 1. The lowest BCUT2D eigenvalue weighted by molar-refractivity contribution is -0.139. The van der Waals surface area contributed by atoms with E-state index >= 15 is 0 Å². The zero-order valence-corrected chi connectivity index (χ0v) is 12.7. The number of rotatable bonds is 3.